The van der Waals surface area contributed by atoms with Crippen molar-refractivity contribution in [3.8, 4) is 0 Å². The Labute approximate surface area is 279 Å². The van der Waals surface area contributed by atoms with Crippen LogP contribution in [0.3, 0.4) is 0 Å². The molecule has 0 heterocycles. The average molecular weight is 647 g/mol. The standard InChI is InChI=1S/C26H42O4.C12H20O4/c1-3-5-7-9-11-12-14-18-22-30-26(28)24-20-16-15-19-23(24)25(27)29-21-17-13-10-8-6-4-2;1-3-5-9-15-11(13)7-8-12(14)16-10-6-4-2/h15-16,19-20H,3-14,17-18,21-22H2,1-2H3;7-8H,3-6,9-10H2,1-2H3/b;8-7+. The molecule has 0 atom stereocenters. The summed E-state index contributed by atoms with van der Waals surface area (Å²) in [6.45, 7) is 10.0. The van der Waals surface area contributed by atoms with Gasteiger partial charge in [0.2, 0.25) is 0 Å². The molecule has 0 amide bonds. The summed E-state index contributed by atoms with van der Waals surface area (Å²) in [7, 11) is 0. The Morgan fingerprint density at radius 3 is 1.09 bits per heavy atom. The minimum atomic E-state index is -0.499. The van der Waals surface area contributed by atoms with Gasteiger partial charge in [-0.15, -0.1) is 0 Å². The highest BCUT2D eigenvalue weighted by Crippen LogP contribution is 2.14. The third-order valence-electron chi connectivity index (χ3n) is 7.17. The van der Waals surface area contributed by atoms with E-state index in [2.05, 4.69) is 13.8 Å². The largest absolute Gasteiger partial charge is 0.463 e. The Kier molecular flexibility index (Phi) is 29.6. The van der Waals surface area contributed by atoms with Crippen molar-refractivity contribution in [2.24, 2.45) is 0 Å². The van der Waals surface area contributed by atoms with E-state index in [0.717, 1.165) is 63.5 Å². The molecular weight excluding hydrogens is 584 g/mol. The summed E-state index contributed by atoms with van der Waals surface area (Å²) in [6.07, 6.45) is 22.2. The monoisotopic (exact) mass is 646 g/mol. The van der Waals surface area contributed by atoms with Gasteiger partial charge in [-0.25, -0.2) is 19.2 Å². The van der Waals surface area contributed by atoms with Crippen molar-refractivity contribution >= 4 is 23.9 Å². The van der Waals surface area contributed by atoms with Crippen molar-refractivity contribution in [3.05, 3.63) is 47.5 Å². The first kappa shape index (κ1) is 42.8. The molecule has 0 N–H and O–H groups in total. The fourth-order valence-electron chi connectivity index (χ4n) is 4.31. The molecule has 0 aliphatic rings. The molecule has 1 rings (SSSR count). The van der Waals surface area contributed by atoms with Crippen molar-refractivity contribution in [3.63, 3.8) is 0 Å². The van der Waals surface area contributed by atoms with Crippen molar-refractivity contribution < 1.29 is 38.1 Å². The maximum atomic E-state index is 12.4. The zero-order valence-corrected chi connectivity index (χ0v) is 29.3. The van der Waals surface area contributed by atoms with Gasteiger partial charge in [0.15, 0.2) is 0 Å². The molecule has 0 unspecified atom stereocenters. The number of esters is 4. The third kappa shape index (κ3) is 25.1. The lowest BCUT2D eigenvalue weighted by molar-refractivity contribution is -0.140. The normalized spacial score (nSPS) is 10.6. The molecule has 1 aromatic rings. The van der Waals surface area contributed by atoms with Crippen molar-refractivity contribution in [2.75, 3.05) is 26.4 Å². The van der Waals surface area contributed by atoms with Gasteiger partial charge in [-0.05, 0) is 37.8 Å². The number of benzene rings is 1. The molecule has 8 heteroatoms. The lowest BCUT2D eigenvalue weighted by atomic mass is 10.1. The van der Waals surface area contributed by atoms with E-state index in [0.29, 0.717) is 37.6 Å². The molecule has 0 radical (unpaired) electrons. The van der Waals surface area contributed by atoms with Crippen LogP contribution in [0.15, 0.2) is 36.4 Å². The predicted octanol–water partition coefficient (Wildman–Crippen LogP) is 9.73. The minimum Gasteiger partial charge on any atom is -0.463 e. The van der Waals surface area contributed by atoms with Crippen molar-refractivity contribution in [2.45, 2.75) is 143 Å². The van der Waals surface area contributed by atoms with E-state index in [1.165, 1.54) is 64.2 Å². The number of hydrogen-bond donors (Lipinski definition) is 0. The molecule has 0 spiro atoms. The molecular formula is C38H62O8. The minimum absolute atomic E-state index is 0.296. The van der Waals surface area contributed by atoms with Crippen molar-refractivity contribution in [1.82, 2.24) is 0 Å². The van der Waals surface area contributed by atoms with E-state index in [1.807, 2.05) is 13.8 Å². The van der Waals surface area contributed by atoms with E-state index in [9.17, 15) is 19.2 Å². The molecule has 262 valence electrons. The summed E-state index contributed by atoms with van der Waals surface area (Å²) in [5.41, 5.74) is 0.592. The van der Waals surface area contributed by atoms with Crippen LogP contribution in [0.4, 0.5) is 0 Å². The van der Waals surface area contributed by atoms with E-state index in [1.54, 1.807) is 24.3 Å². The summed E-state index contributed by atoms with van der Waals surface area (Å²) >= 11 is 0. The number of hydrogen-bond acceptors (Lipinski definition) is 8. The van der Waals surface area contributed by atoms with Gasteiger partial charge in [-0.2, -0.15) is 0 Å². The SMILES string of the molecule is CCCCCCCCCCOC(=O)c1ccccc1C(=O)OCCCCCCCC.CCCCOC(=O)/C=C/C(=O)OCCCC. The van der Waals surface area contributed by atoms with Crippen LogP contribution in [0, 0.1) is 0 Å². The number of rotatable bonds is 26. The molecule has 0 fully saturated rings. The average Bonchev–Trinajstić information content (AvgIpc) is 3.06. The van der Waals surface area contributed by atoms with Crippen LogP contribution in [0.1, 0.15) is 164 Å². The molecule has 46 heavy (non-hydrogen) atoms. The quantitative estimate of drug-likeness (QED) is 0.0424. The van der Waals surface area contributed by atoms with Crippen LogP contribution in [-0.2, 0) is 28.5 Å². The predicted molar refractivity (Wildman–Crippen MR) is 184 cm³/mol. The highest BCUT2D eigenvalue weighted by Gasteiger charge is 2.18. The molecule has 1 aromatic carbocycles. The van der Waals surface area contributed by atoms with Gasteiger partial charge in [0.05, 0.1) is 37.6 Å². The molecule has 0 saturated heterocycles. The molecule has 0 aromatic heterocycles. The van der Waals surface area contributed by atoms with Gasteiger partial charge in [-0.3, -0.25) is 0 Å². The summed E-state index contributed by atoms with van der Waals surface area (Å²) in [5.74, 6) is -1.88. The maximum Gasteiger partial charge on any atom is 0.339 e. The lowest BCUT2D eigenvalue weighted by Gasteiger charge is -2.10. The second-order valence-electron chi connectivity index (χ2n) is 11.4. The van der Waals surface area contributed by atoms with Crippen LogP contribution in [0.2, 0.25) is 0 Å². The maximum absolute atomic E-state index is 12.4. The highest BCUT2D eigenvalue weighted by atomic mass is 16.5. The fraction of sp³-hybridized carbons (Fsp3) is 0.684. The summed E-state index contributed by atoms with van der Waals surface area (Å²) in [4.78, 5) is 46.9. The van der Waals surface area contributed by atoms with E-state index >= 15 is 0 Å². The smallest absolute Gasteiger partial charge is 0.339 e. The molecule has 0 aliphatic heterocycles. The summed E-state index contributed by atoms with van der Waals surface area (Å²) in [5, 5.41) is 0. The van der Waals surface area contributed by atoms with E-state index < -0.39 is 23.9 Å². The third-order valence-corrected chi connectivity index (χ3v) is 7.17. The molecule has 8 nitrogen and oxygen atoms in total. The zero-order chi connectivity index (χ0) is 34.1. The van der Waals surface area contributed by atoms with Gasteiger partial charge in [0.25, 0.3) is 0 Å². The Balaban J connectivity index is 0.00000107. The van der Waals surface area contributed by atoms with Crippen LogP contribution in [-0.4, -0.2) is 50.3 Å². The molecule has 0 aliphatic carbocycles. The topological polar surface area (TPSA) is 105 Å². The number of unbranched alkanes of at least 4 members (excludes halogenated alkanes) is 14. The van der Waals surface area contributed by atoms with Crippen LogP contribution >= 0.6 is 0 Å². The van der Waals surface area contributed by atoms with Crippen LogP contribution < -0.4 is 0 Å². The first-order valence-corrected chi connectivity index (χ1v) is 17.9. The molecule has 0 bridgehead atoms. The number of ether oxygens (including phenoxy) is 4. The van der Waals surface area contributed by atoms with Gasteiger partial charge < -0.3 is 18.9 Å². The summed E-state index contributed by atoms with van der Waals surface area (Å²) < 4.78 is 20.4. The van der Waals surface area contributed by atoms with E-state index in [-0.39, 0.29) is 0 Å². The molecule has 0 saturated carbocycles. The highest BCUT2D eigenvalue weighted by molar-refractivity contribution is 6.03. The van der Waals surface area contributed by atoms with Crippen LogP contribution in [0.5, 0.6) is 0 Å². The fourth-order valence-corrected chi connectivity index (χ4v) is 4.31. The lowest BCUT2D eigenvalue weighted by Crippen LogP contribution is -2.15. The first-order valence-electron chi connectivity index (χ1n) is 17.9. The van der Waals surface area contributed by atoms with Gasteiger partial charge in [-0.1, -0.05) is 130 Å². The van der Waals surface area contributed by atoms with Gasteiger partial charge in [0, 0.05) is 12.2 Å². The number of carbonyl (C=O) groups is 4. The van der Waals surface area contributed by atoms with Gasteiger partial charge in [0.1, 0.15) is 0 Å². The Hall–Kier alpha value is -3.16. The first-order chi connectivity index (χ1) is 22.4. The van der Waals surface area contributed by atoms with Crippen LogP contribution in [0.25, 0.3) is 0 Å². The second-order valence-corrected chi connectivity index (χ2v) is 11.4. The Morgan fingerprint density at radius 2 is 0.739 bits per heavy atom. The van der Waals surface area contributed by atoms with Crippen molar-refractivity contribution in [1.29, 1.82) is 0 Å². The zero-order valence-electron chi connectivity index (χ0n) is 29.3. The number of carbonyl (C=O) groups excluding carboxylic acids is 4. The van der Waals surface area contributed by atoms with E-state index in [4.69, 9.17) is 18.9 Å². The second kappa shape index (κ2) is 31.8. The summed E-state index contributed by atoms with van der Waals surface area (Å²) in [6, 6.07) is 6.77. The Bertz CT molecular complexity index is 932. The van der Waals surface area contributed by atoms with Gasteiger partial charge >= 0.3 is 23.9 Å². The Morgan fingerprint density at radius 1 is 0.435 bits per heavy atom.